The molecule has 0 saturated heterocycles. The predicted octanol–water partition coefficient (Wildman–Crippen LogP) is 6.48. The van der Waals surface area contributed by atoms with E-state index in [1.165, 1.54) is 4.90 Å². The highest BCUT2D eigenvalue weighted by Crippen LogP contribution is 2.34. The normalized spacial score (nSPS) is 12.1. The lowest BCUT2D eigenvalue weighted by atomic mass is 9.98. The van der Waals surface area contributed by atoms with Gasteiger partial charge in [-0.3, -0.25) is 9.59 Å². The number of amides is 2. The Morgan fingerprint density at radius 1 is 1.10 bits per heavy atom. The van der Waals surface area contributed by atoms with Crippen LogP contribution < -0.4 is 10.1 Å². The monoisotopic (exact) mass is 625 g/mol. The number of halogens is 2. The highest BCUT2D eigenvalue weighted by molar-refractivity contribution is 9.10. The summed E-state index contributed by atoms with van der Waals surface area (Å²) in [4.78, 5) is 42.6. The summed E-state index contributed by atoms with van der Waals surface area (Å²) >= 11 is 9.59. The molecule has 3 aromatic carbocycles. The first kappa shape index (κ1) is 29.2. The summed E-state index contributed by atoms with van der Waals surface area (Å²) < 4.78 is 6.85. The smallest absolute Gasteiger partial charge is 0.352 e. The molecule has 0 aliphatic rings. The molecule has 0 spiro atoms. The topological polar surface area (TPSA) is 112 Å². The molecular weight excluding hydrogens is 598 g/mol. The molecule has 0 bridgehead atoms. The molecule has 2 amide bonds. The fraction of sp³-hybridized carbons (Fsp3) is 0.233. The molecular formula is C30H29BrClN3O5. The van der Waals surface area contributed by atoms with E-state index in [9.17, 15) is 19.5 Å². The molecule has 1 heterocycles. The number of carbonyl (C=O) groups excluding carboxylic acids is 2. The van der Waals surface area contributed by atoms with Gasteiger partial charge in [0.2, 0.25) is 12.3 Å². The quantitative estimate of drug-likeness (QED) is 0.175. The van der Waals surface area contributed by atoms with Crippen molar-refractivity contribution >= 4 is 56.7 Å². The van der Waals surface area contributed by atoms with E-state index in [0.29, 0.717) is 34.7 Å². The lowest BCUT2D eigenvalue weighted by molar-refractivity contribution is -0.134. The lowest BCUT2D eigenvalue weighted by Gasteiger charge is -2.31. The molecule has 0 aliphatic carbocycles. The minimum absolute atomic E-state index is 0.0525. The van der Waals surface area contributed by atoms with E-state index in [0.717, 1.165) is 15.6 Å². The number of H-pyrrole nitrogens is 1. The maximum absolute atomic E-state index is 13.7. The van der Waals surface area contributed by atoms with Gasteiger partial charge in [0.1, 0.15) is 24.1 Å². The fourth-order valence-electron chi connectivity index (χ4n) is 4.41. The second kappa shape index (κ2) is 12.1. The summed E-state index contributed by atoms with van der Waals surface area (Å²) in [5.41, 5.74) is 1.56. The molecule has 10 heteroatoms. The Morgan fingerprint density at radius 2 is 1.82 bits per heavy atom. The van der Waals surface area contributed by atoms with Crippen LogP contribution in [0.25, 0.3) is 10.9 Å². The number of aromatic nitrogens is 1. The van der Waals surface area contributed by atoms with Gasteiger partial charge in [-0.05, 0) is 68.3 Å². The van der Waals surface area contributed by atoms with Gasteiger partial charge in [-0.1, -0.05) is 57.9 Å². The van der Waals surface area contributed by atoms with Crippen molar-refractivity contribution in [2.24, 2.45) is 0 Å². The van der Waals surface area contributed by atoms with Crippen molar-refractivity contribution in [3.8, 4) is 5.75 Å². The minimum atomic E-state index is -1.26. The standard InChI is InChI=1S/C30H29BrClN3O5/c1-30(2,3)34-28(37)27(25-23-12-9-21(32)14-24(23)33-26(25)29(38)39)35(17-36)15-18-7-10-22(11-8-18)40-16-19-5-4-6-20(31)13-19/h4-14,17,27,33H,15-16H2,1-3H3,(H,34,37)(H,38,39). The van der Waals surface area contributed by atoms with Crippen LogP contribution in [0.15, 0.2) is 71.2 Å². The van der Waals surface area contributed by atoms with Crippen molar-refractivity contribution < 1.29 is 24.2 Å². The van der Waals surface area contributed by atoms with E-state index in [1.807, 2.05) is 45.0 Å². The molecule has 40 heavy (non-hydrogen) atoms. The van der Waals surface area contributed by atoms with Crippen molar-refractivity contribution in [2.75, 3.05) is 0 Å². The van der Waals surface area contributed by atoms with E-state index >= 15 is 0 Å². The zero-order valence-corrected chi connectivity index (χ0v) is 24.5. The first-order valence-electron chi connectivity index (χ1n) is 12.5. The van der Waals surface area contributed by atoms with Crippen LogP contribution in [0.4, 0.5) is 0 Å². The van der Waals surface area contributed by atoms with Crippen LogP contribution in [0.3, 0.4) is 0 Å². The Morgan fingerprint density at radius 3 is 2.45 bits per heavy atom. The highest BCUT2D eigenvalue weighted by atomic mass is 79.9. The molecule has 0 radical (unpaired) electrons. The number of aromatic amines is 1. The van der Waals surface area contributed by atoms with Gasteiger partial charge in [0.05, 0.1) is 0 Å². The Bertz CT molecular complexity index is 1550. The highest BCUT2D eigenvalue weighted by Gasteiger charge is 2.35. The van der Waals surface area contributed by atoms with Crippen LogP contribution in [0.5, 0.6) is 5.75 Å². The molecule has 1 unspecified atom stereocenters. The van der Waals surface area contributed by atoms with Crippen LogP contribution in [0, 0.1) is 0 Å². The molecule has 0 fully saturated rings. The van der Waals surface area contributed by atoms with Crippen molar-refractivity contribution in [1.82, 2.24) is 15.2 Å². The average molecular weight is 627 g/mol. The molecule has 1 atom stereocenters. The number of carboxylic acid groups (broad SMARTS) is 1. The number of rotatable bonds is 10. The number of hydrogen-bond acceptors (Lipinski definition) is 4. The van der Waals surface area contributed by atoms with Gasteiger partial charge in [-0.15, -0.1) is 0 Å². The number of ether oxygens (including phenoxy) is 1. The van der Waals surface area contributed by atoms with Crippen LogP contribution in [-0.4, -0.2) is 38.8 Å². The third kappa shape index (κ3) is 7.03. The van der Waals surface area contributed by atoms with E-state index in [4.69, 9.17) is 16.3 Å². The van der Waals surface area contributed by atoms with Gasteiger partial charge in [0.25, 0.3) is 0 Å². The number of benzene rings is 3. The zero-order valence-electron chi connectivity index (χ0n) is 22.2. The summed E-state index contributed by atoms with van der Waals surface area (Å²) in [6.07, 6.45) is 0.560. The van der Waals surface area contributed by atoms with Crippen molar-refractivity contribution in [3.63, 3.8) is 0 Å². The summed E-state index contributed by atoms with van der Waals surface area (Å²) in [6, 6.07) is 18.6. The Labute approximate surface area is 245 Å². The van der Waals surface area contributed by atoms with Gasteiger partial charge in [-0.2, -0.15) is 0 Å². The fourth-order valence-corrected chi connectivity index (χ4v) is 5.03. The number of fused-ring (bicyclic) bond motifs is 1. The molecule has 0 aliphatic heterocycles. The predicted molar refractivity (Wildman–Crippen MR) is 157 cm³/mol. The molecule has 4 rings (SSSR count). The number of nitrogens with zero attached hydrogens (tertiary/aromatic N) is 1. The van der Waals surface area contributed by atoms with Crippen molar-refractivity contribution in [2.45, 2.75) is 45.5 Å². The molecule has 208 valence electrons. The maximum Gasteiger partial charge on any atom is 0.352 e. The first-order chi connectivity index (χ1) is 18.9. The molecule has 0 saturated carbocycles. The number of hydrogen-bond donors (Lipinski definition) is 3. The third-order valence-corrected chi connectivity index (χ3v) is 6.81. The van der Waals surface area contributed by atoms with Crippen molar-refractivity contribution in [1.29, 1.82) is 0 Å². The lowest BCUT2D eigenvalue weighted by Crippen LogP contribution is -2.47. The number of nitrogens with one attached hydrogen (secondary N) is 2. The number of carboxylic acids is 1. The SMILES string of the molecule is CC(C)(C)NC(=O)C(c1c(C(=O)O)[nH]c2cc(Cl)ccc12)N(C=O)Cc1ccc(OCc2cccc(Br)c2)cc1. The summed E-state index contributed by atoms with van der Waals surface area (Å²) in [5.74, 6) is -1.12. The minimum Gasteiger partial charge on any atom is -0.489 e. The zero-order chi connectivity index (χ0) is 29.0. The average Bonchev–Trinajstić information content (AvgIpc) is 3.25. The van der Waals surface area contributed by atoms with E-state index < -0.39 is 23.5 Å². The molecule has 8 nitrogen and oxygen atoms in total. The summed E-state index contributed by atoms with van der Waals surface area (Å²) in [7, 11) is 0. The number of aromatic carboxylic acids is 1. The van der Waals surface area contributed by atoms with Crippen LogP contribution in [0.2, 0.25) is 5.02 Å². The molecule has 1 aromatic heterocycles. The van der Waals surface area contributed by atoms with Crippen LogP contribution in [-0.2, 0) is 22.7 Å². The van der Waals surface area contributed by atoms with Gasteiger partial charge in [-0.25, -0.2) is 4.79 Å². The third-order valence-electron chi connectivity index (χ3n) is 6.08. The van der Waals surface area contributed by atoms with Gasteiger partial charge in [0, 0.05) is 38.0 Å². The Balaban J connectivity index is 1.66. The largest absolute Gasteiger partial charge is 0.489 e. The molecule has 3 N–H and O–H groups in total. The van der Waals surface area contributed by atoms with Gasteiger partial charge >= 0.3 is 5.97 Å². The first-order valence-corrected chi connectivity index (χ1v) is 13.7. The van der Waals surface area contributed by atoms with Gasteiger partial charge < -0.3 is 25.0 Å². The van der Waals surface area contributed by atoms with Crippen LogP contribution in [0.1, 0.15) is 54.0 Å². The summed E-state index contributed by atoms with van der Waals surface area (Å²) in [6.45, 7) is 5.88. The van der Waals surface area contributed by atoms with Crippen LogP contribution >= 0.6 is 27.5 Å². The van der Waals surface area contributed by atoms with E-state index in [-0.39, 0.29) is 17.8 Å². The Kier molecular flexibility index (Phi) is 8.85. The Hall–Kier alpha value is -3.82. The number of carbonyl (C=O) groups is 3. The van der Waals surface area contributed by atoms with E-state index in [2.05, 4.69) is 26.2 Å². The second-order valence-electron chi connectivity index (χ2n) is 10.4. The maximum atomic E-state index is 13.7. The van der Waals surface area contributed by atoms with Gasteiger partial charge in [0.15, 0.2) is 0 Å². The summed E-state index contributed by atoms with van der Waals surface area (Å²) in [5, 5.41) is 13.8. The molecule has 4 aromatic rings. The van der Waals surface area contributed by atoms with Crippen molar-refractivity contribution in [3.05, 3.63) is 98.6 Å². The van der Waals surface area contributed by atoms with E-state index in [1.54, 1.807) is 42.5 Å². The second-order valence-corrected chi connectivity index (χ2v) is 11.7.